The third-order valence-electron chi connectivity index (χ3n) is 2.72. The summed E-state index contributed by atoms with van der Waals surface area (Å²) < 4.78 is 0. The van der Waals surface area contributed by atoms with Gasteiger partial charge in [0.25, 0.3) is 0 Å². The van der Waals surface area contributed by atoms with Crippen molar-refractivity contribution in [3.8, 4) is 5.75 Å². The zero-order valence-corrected chi connectivity index (χ0v) is 9.31. The van der Waals surface area contributed by atoms with Crippen molar-refractivity contribution in [2.45, 2.75) is 6.54 Å². The van der Waals surface area contributed by atoms with Crippen molar-refractivity contribution < 1.29 is 15.0 Å². The molecule has 1 fully saturated rings. The Morgan fingerprint density at radius 1 is 1.50 bits per heavy atom. The molecule has 0 spiro atoms. The van der Waals surface area contributed by atoms with Crippen LogP contribution in [0.25, 0.3) is 0 Å². The topological polar surface area (TPSA) is 60.8 Å². The first-order valence-electron chi connectivity index (χ1n) is 4.99. The van der Waals surface area contributed by atoms with E-state index in [0.717, 1.165) is 5.56 Å². The van der Waals surface area contributed by atoms with Crippen LogP contribution < -0.4 is 0 Å². The lowest BCUT2D eigenvalue weighted by molar-refractivity contribution is -0.147. The van der Waals surface area contributed by atoms with Crippen LogP contribution in [0.15, 0.2) is 18.2 Å². The van der Waals surface area contributed by atoms with Crippen LogP contribution in [-0.4, -0.2) is 34.2 Å². The van der Waals surface area contributed by atoms with Gasteiger partial charge in [0.15, 0.2) is 0 Å². The maximum absolute atomic E-state index is 10.6. The smallest absolute Gasteiger partial charge is 0.309 e. The Balaban J connectivity index is 1.91. The van der Waals surface area contributed by atoms with E-state index in [-0.39, 0.29) is 11.7 Å². The summed E-state index contributed by atoms with van der Waals surface area (Å²) in [6, 6.07) is 5.03. The first-order chi connectivity index (χ1) is 7.56. The predicted octanol–water partition coefficient (Wildman–Crippen LogP) is 1.56. The van der Waals surface area contributed by atoms with E-state index >= 15 is 0 Å². The number of aliphatic carboxylic acids is 1. The van der Waals surface area contributed by atoms with Gasteiger partial charge in [-0.1, -0.05) is 17.7 Å². The van der Waals surface area contributed by atoms with Crippen molar-refractivity contribution >= 4 is 17.6 Å². The highest BCUT2D eigenvalue weighted by Crippen LogP contribution is 2.26. The number of hydrogen-bond donors (Lipinski definition) is 2. The molecular formula is C11H12ClNO3. The van der Waals surface area contributed by atoms with Gasteiger partial charge in [-0.05, 0) is 17.7 Å². The van der Waals surface area contributed by atoms with E-state index in [1.807, 2.05) is 4.90 Å². The first kappa shape index (κ1) is 11.2. The number of carboxylic acid groups (broad SMARTS) is 1. The average molecular weight is 242 g/mol. The molecule has 0 aliphatic carbocycles. The lowest BCUT2D eigenvalue weighted by Gasteiger charge is -2.36. The third kappa shape index (κ3) is 2.28. The molecule has 4 nitrogen and oxygen atoms in total. The minimum atomic E-state index is -0.736. The lowest BCUT2D eigenvalue weighted by atomic mass is 10.00. The third-order valence-corrected chi connectivity index (χ3v) is 3.03. The Bertz CT molecular complexity index is 416. The number of benzene rings is 1. The Morgan fingerprint density at radius 3 is 2.75 bits per heavy atom. The summed E-state index contributed by atoms with van der Waals surface area (Å²) in [5, 5.41) is 18.3. The van der Waals surface area contributed by atoms with E-state index < -0.39 is 5.97 Å². The van der Waals surface area contributed by atoms with Crippen molar-refractivity contribution in [1.82, 2.24) is 4.90 Å². The van der Waals surface area contributed by atoms with Crippen molar-refractivity contribution in [3.05, 3.63) is 28.8 Å². The molecular weight excluding hydrogens is 230 g/mol. The maximum atomic E-state index is 10.6. The number of hydrogen-bond acceptors (Lipinski definition) is 3. The van der Waals surface area contributed by atoms with Crippen LogP contribution in [0.2, 0.25) is 5.02 Å². The van der Waals surface area contributed by atoms with Crippen LogP contribution in [0.5, 0.6) is 5.75 Å². The summed E-state index contributed by atoms with van der Waals surface area (Å²) in [4.78, 5) is 12.6. The summed E-state index contributed by atoms with van der Waals surface area (Å²) in [5.41, 5.74) is 0.978. The largest absolute Gasteiger partial charge is 0.506 e. The molecule has 2 rings (SSSR count). The van der Waals surface area contributed by atoms with Gasteiger partial charge in [0, 0.05) is 19.6 Å². The van der Waals surface area contributed by atoms with Crippen LogP contribution >= 0.6 is 11.6 Å². The highest BCUT2D eigenvalue weighted by atomic mass is 35.5. The van der Waals surface area contributed by atoms with Crippen LogP contribution in [0, 0.1) is 5.92 Å². The summed E-state index contributed by atoms with van der Waals surface area (Å²) in [7, 11) is 0. The molecule has 16 heavy (non-hydrogen) atoms. The van der Waals surface area contributed by atoms with E-state index in [1.54, 1.807) is 18.2 Å². The minimum absolute atomic E-state index is 0.0671. The SMILES string of the molecule is O=C(O)C1CN(Cc2ccc(O)c(Cl)c2)C1. The van der Waals surface area contributed by atoms with Gasteiger partial charge in [0.2, 0.25) is 0 Å². The number of likely N-dealkylation sites (tertiary alicyclic amines) is 1. The second kappa shape index (κ2) is 4.31. The Labute approximate surface area is 98.1 Å². The van der Waals surface area contributed by atoms with E-state index in [1.165, 1.54) is 0 Å². The molecule has 0 bridgehead atoms. The van der Waals surface area contributed by atoms with Gasteiger partial charge in [0.1, 0.15) is 5.75 Å². The van der Waals surface area contributed by atoms with E-state index in [0.29, 0.717) is 24.7 Å². The van der Waals surface area contributed by atoms with Crippen molar-refractivity contribution in [3.63, 3.8) is 0 Å². The second-order valence-electron chi connectivity index (χ2n) is 4.02. The summed E-state index contributed by atoms with van der Waals surface area (Å²) in [6.45, 7) is 1.82. The van der Waals surface area contributed by atoms with Crippen molar-refractivity contribution in [2.75, 3.05) is 13.1 Å². The van der Waals surface area contributed by atoms with Gasteiger partial charge in [-0.2, -0.15) is 0 Å². The number of carbonyl (C=O) groups is 1. The lowest BCUT2D eigenvalue weighted by Crippen LogP contribution is -2.49. The Morgan fingerprint density at radius 2 is 2.19 bits per heavy atom. The van der Waals surface area contributed by atoms with E-state index in [2.05, 4.69) is 0 Å². The molecule has 0 unspecified atom stereocenters. The molecule has 0 amide bonds. The normalized spacial score (nSPS) is 17.1. The molecule has 86 valence electrons. The Hall–Kier alpha value is -1.26. The summed E-state index contributed by atoms with van der Waals surface area (Å²) in [6.07, 6.45) is 0. The molecule has 1 heterocycles. The predicted molar refractivity (Wildman–Crippen MR) is 59.5 cm³/mol. The van der Waals surface area contributed by atoms with E-state index in [9.17, 15) is 9.90 Å². The monoisotopic (exact) mass is 241 g/mol. The van der Waals surface area contributed by atoms with Crippen molar-refractivity contribution in [2.24, 2.45) is 5.92 Å². The molecule has 1 aromatic carbocycles. The van der Waals surface area contributed by atoms with Gasteiger partial charge < -0.3 is 10.2 Å². The molecule has 5 heteroatoms. The molecule has 2 N–H and O–H groups in total. The van der Waals surface area contributed by atoms with Crippen LogP contribution in [0.3, 0.4) is 0 Å². The zero-order valence-electron chi connectivity index (χ0n) is 8.56. The molecule has 0 atom stereocenters. The molecule has 0 aromatic heterocycles. The standard InChI is InChI=1S/C11H12ClNO3/c12-9-3-7(1-2-10(9)14)4-13-5-8(6-13)11(15)16/h1-3,8,14H,4-6H2,(H,15,16). The van der Waals surface area contributed by atoms with Gasteiger partial charge in [-0.3, -0.25) is 9.69 Å². The minimum Gasteiger partial charge on any atom is -0.506 e. The Kier molecular flexibility index (Phi) is 3.03. The highest BCUT2D eigenvalue weighted by molar-refractivity contribution is 6.32. The molecule has 0 radical (unpaired) electrons. The number of phenols is 1. The van der Waals surface area contributed by atoms with Crippen LogP contribution in [0.4, 0.5) is 0 Å². The highest BCUT2D eigenvalue weighted by Gasteiger charge is 2.32. The van der Waals surface area contributed by atoms with Gasteiger partial charge in [0.05, 0.1) is 10.9 Å². The van der Waals surface area contributed by atoms with E-state index in [4.69, 9.17) is 16.7 Å². The number of rotatable bonds is 3. The molecule has 0 saturated carbocycles. The fourth-order valence-electron chi connectivity index (χ4n) is 1.76. The fourth-order valence-corrected chi connectivity index (χ4v) is 1.97. The van der Waals surface area contributed by atoms with Crippen LogP contribution in [0.1, 0.15) is 5.56 Å². The number of halogens is 1. The molecule has 1 aliphatic rings. The molecule has 1 saturated heterocycles. The first-order valence-corrected chi connectivity index (χ1v) is 5.36. The average Bonchev–Trinajstić information content (AvgIpc) is 2.15. The quantitative estimate of drug-likeness (QED) is 0.843. The zero-order chi connectivity index (χ0) is 11.7. The number of aromatic hydroxyl groups is 1. The molecule has 1 aromatic rings. The maximum Gasteiger partial charge on any atom is 0.309 e. The second-order valence-corrected chi connectivity index (χ2v) is 4.42. The van der Waals surface area contributed by atoms with Gasteiger partial charge in [-0.15, -0.1) is 0 Å². The molecule has 1 aliphatic heterocycles. The number of nitrogens with zero attached hydrogens (tertiary/aromatic N) is 1. The van der Waals surface area contributed by atoms with Gasteiger partial charge >= 0.3 is 5.97 Å². The fraction of sp³-hybridized carbons (Fsp3) is 0.364. The van der Waals surface area contributed by atoms with Gasteiger partial charge in [-0.25, -0.2) is 0 Å². The summed E-state index contributed by atoms with van der Waals surface area (Å²) >= 11 is 5.77. The number of carboxylic acids is 1. The van der Waals surface area contributed by atoms with Crippen LogP contribution in [-0.2, 0) is 11.3 Å². The number of phenolic OH excluding ortho intramolecular Hbond substituents is 1. The van der Waals surface area contributed by atoms with Crippen molar-refractivity contribution in [1.29, 1.82) is 0 Å². The summed E-state index contributed by atoms with van der Waals surface area (Å²) in [5.74, 6) is -0.912.